The molecule has 0 fully saturated rings. The Morgan fingerprint density at radius 1 is 1.47 bits per heavy atom. The van der Waals surface area contributed by atoms with Crippen molar-refractivity contribution in [1.82, 2.24) is 15.3 Å². The maximum atomic E-state index is 11.6. The third-order valence-corrected chi connectivity index (χ3v) is 3.82. The van der Waals surface area contributed by atoms with Gasteiger partial charge in [0.1, 0.15) is 12.1 Å². The number of hydrogen-bond donors (Lipinski definition) is 2. The molecule has 0 aliphatic carbocycles. The normalized spacial score (nSPS) is 12.3. The zero-order valence-corrected chi connectivity index (χ0v) is 12.0. The van der Waals surface area contributed by atoms with E-state index >= 15 is 0 Å². The van der Waals surface area contributed by atoms with Crippen molar-refractivity contribution in [3.05, 3.63) is 17.8 Å². The predicted octanol–water partition coefficient (Wildman–Crippen LogP) is 2.41. The van der Waals surface area contributed by atoms with Gasteiger partial charge < -0.3 is 10.6 Å². The van der Waals surface area contributed by atoms with E-state index in [0.29, 0.717) is 13.0 Å². The van der Waals surface area contributed by atoms with Gasteiger partial charge in [-0.15, -0.1) is 11.3 Å². The molecule has 0 aromatic carbocycles. The van der Waals surface area contributed by atoms with Crippen LogP contribution in [-0.2, 0) is 4.79 Å². The van der Waals surface area contributed by atoms with Crippen LogP contribution >= 0.6 is 11.3 Å². The summed E-state index contributed by atoms with van der Waals surface area (Å²) in [6.45, 7) is 4.63. The summed E-state index contributed by atoms with van der Waals surface area (Å²) in [4.78, 5) is 20.0. The van der Waals surface area contributed by atoms with Crippen molar-refractivity contribution in [1.29, 1.82) is 0 Å². The van der Waals surface area contributed by atoms with Gasteiger partial charge in [0.05, 0.1) is 10.2 Å². The van der Waals surface area contributed by atoms with E-state index in [1.807, 2.05) is 18.4 Å². The first-order chi connectivity index (χ1) is 9.20. The summed E-state index contributed by atoms with van der Waals surface area (Å²) < 4.78 is 1.03. The Labute approximate surface area is 116 Å². The minimum absolute atomic E-state index is 0.0679. The van der Waals surface area contributed by atoms with Crippen molar-refractivity contribution in [3.63, 3.8) is 0 Å². The van der Waals surface area contributed by atoms with Gasteiger partial charge in [0.25, 0.3) is 0 Å². The number of anilines is 1. The Morgan fingerprint density at radius 3 is 3.11 bits per heavy atom. The molecule has 2 rings (SSSR count). The highest BCUT2D eigenvalue weighted by Gasteiger charge is 2.07. The van der Waals surface area contributed by atoms with Gasteiger partial charge in [-0.1, -0.05) is 6.92 Å². The molecule has 2 N–H and O–H groups in total. The molecule has 1 unspecified atom stereocenters. The highest BCUT2D eigenvalue weighted by molar-refractivity contribution is 7.17. The maximum Gasteiger partial charge on any atom is 0.221 e. The Kier molecular flexibility index (Phi) is 4.68. The number of hydrogen-bond acceptors (Lipinski definition) is 5. The number of fused-ring (bicyclic) bond motifs is 1. The van der Waals surface area contributed by atoms with Crippen molar-refractivity contribution < 1.29 is 4.79 Å². The van der Waals surface area contributed by atoms with E-state index in [0.717, 1.165) is 22.5 Å². The summed E-state index contributed by atoms with van der Waals surface area (Å²) in [5, 5.41) is 8.12. The molecule has 1 amide bonds. The predicted molar refractivity (Wildman–Crippen MR) is 78.4 cm³/mol. The van der Waals surface area contributed by atoms with E-state index in [1.54, 1.807) is 11.3 Å². The Bertz CT molecular complexity index is 554. The standard InChI is InChI=1S/C13H18N4OS/c1-3-9(2)17-11(18)4-6-14-13-12-10(5-7-19-12)15-8-16-13/h5,7-9H,3-4,6H2,1-2H3,(H,17,18)(H,14,15,16). The van der Waals surface area contributed by atoms with Crippen LogP contribution in [-0.4, -0.2) is 28.5 Å². The molecule has 0 aliphatic heterocycles. The molecule has 2 aromatic rings. The second-order valence-corrected chi connectivity index (χ2v) is 5.33. The van der Waals surface area contributed by atoms with Crippen LogP contribution in [0.2, 0.25) is 0 Å². The Morgan fingerprint density at radius 2 is 2.32 bits per heavy atom. The number of nitrogens with zero attached hydrogens (tertiary/aromatic N) is 2. The molecule has 2 aromatic heterocycles. The van der Waals surface area contributed by atoms with Crippen molar-refractivity contribution in [2.45, 2.75) is 32.7 Å². The van der Waals surface area contributed by atoms with Gasteiger partial charge in [-0.3, -0.25) is 4.79 Å². The largest absolute Gasteiger partial charge is 0.368 e. The monoisotopic (exact) mass is 278 g/mol. The van der Waals surface area contributed by atoms with Gasteiger partial charge in [-0.05, 0) is 24.8 Å². The molecule has 19 heavy (non-hydrogen) atoms. The maximum absolute atomic E-state index is 11.6. The SMILES string of the molecule is CCC(C)NC(=O)CCNc1ncnc2ccsc12. The molecule has 0 saturated carbocycles. The average molecular weight is 278 g/mol. The number of thiophene rings is 1. The number of amides is 1. The number of aromatic nitrogens is 2. The van der Waals surface area contributed by atoms with E-state index in [9.17, 15) is 4.79 Å². The van der Waals surface area contributed by atoms with E-state index < -0.39 is 0 Å². The minimum atomic E-state index is 0.0679. The Balaban J connectivity index is 1.86. The lowest BCUT2D eigenvalue weighted by atomic mass is 10.2. The van der Waals surface area contributed by atoms with Crippen LogP contribution in [0.4, 0.5) is 5.82 Å². The molecule has 6 heteroatoms. The van der Waals surface area contributed by atoms with Crippen LogP contribution in [0.1, 0.15) is 26.7 Å². The second-order valence-electron chi connectivity index (χ2n) is 4.41. The molecule has 5 nitrogen and oxygen atoms in total. The first-order valence-electron chi connectivity index (χ1n) is 6.42. The van der Waals surface area contributed by atoms with Crippen LogP contribution in [0, 0.1) is 0 Å². The molecule has 0 saturated heterocycles. The van der Waals surface area contributed by atoms with Gasteiger partial charge in [-0.2, -0.15) is 0 Å². The molecule has 0 bridgehead atoms. The molecule has 1 atom stereocenters. The fourth-order valence-corrected chi connectivity index (χ4v) is 2.47. The summed E-state index contributed by atoms with van der Waals surface area (Å²) in [5.41, 5.74) is 0.937. The fraction of sp³-hybridized carbons (Fsp3) is 0.462. The third-order valence-electron chi connectivity index (χ3n) is 2.91. The van der Waals surface area contributed by atoms with E-state index in [4.69, 9.17) is 0 Å². The first-order valence-corrected chi connectivity index (χ1v) is 7.30. The van der Waals surface area contributed by atoms with E-state index in [2.05, 4.69) is 27.5 Å². The third kappa shape index (κ3) is 3.64. The van der Waals surface area contributed by atoms with Crippen LogP contribution in [0.5, 0.6) is 0 Å². The lowest BCUT2D eigenvalue weighted by Crippen LogP contribution is -2.33. The highest BCUT2D eigenvalue weighted by atomic mass is 32.1. The van der Waals surface area contributed by atoms with Gasteiger partial charge in [-0.25, -0.2) is 9.97 Å². The highest BCUT2D eigenvalue weighted by Crippen LogP contribution is 2.24. The minimum Gasteiger partial charge on any atom is -0.368 e. The second kappa shape index (κ2) is 6.47. The zero-order valence-electron chi connectivity index (χ0n) is 11.1. The summed E-state index contributed by atoms with van der Waals surface area (Å²) in [6, 6.07) is 2.19. The van der Waals surface area contributed by atoms with Crippen molar-refractivity contribution in [2.75, 3.05) is 11.9 Å². The summed E-state index contributed by atoms with van der Waals surface area (Å²) in [5.74, 6) is 0.870. The molecule has 2 heterocycles. The van der Waals surface area contributed by atoms with Crippen molar-refractivity contribution in [3.8, 4) is 0 Å². The van der Waals surface area contributed by atoms with Crippen molar-refractivity contribution in [2.24, 2.45) is 0 Å². The summed E-state index contributed by atoms with van der Waals surface area (Å²) in [7, 11) is 0. The number of carbonyl (C=O) groups excluding carboxylic acids is 1. The van der Waals surface area contributed by atoms with Gasteiger partial charge >= 0.3 is 0 Å². The van der Waals surface area contributed by atoms with Gasteiger partial charge in [0.2, 0.25) is 5.91 Å². The number of carbonyl (C=O) groups is 1. The van der Waals surface area contributed by atoms with E-state index in [1.165, 1.54) is 6.33 Å². The van der Waals surface area contributed by atoms with Crippen LogP contribution in [0.25, 0.3) is 10.2 Å². The zero-order chi connectivity index (χ0) is 13.7. The molecular weight excluding hydrogens is 260 g/mol. The molecule has 0 radical (unpaired) electrons. The smallest absolute Gasteiger partial charge is 0.221 e. The quantitative estimate of drug-likeness (QED) is 0.851. The molecule has 102 valence electrons. The topological polar surface area (TPSA) is 66.9 Å². The lowest BCUT2D eigenvalue weighted by molar-refractivity contribution is -0.121. The van der Waals surface area contributed by atoms with Crippen LogP contribution in [0.15, 0.2) is 17.8 Å². The molecular formula is C13H18N4OS. The van der Waals surface area contributed by atoms with Crippen LogP contribution in [0.3, 0.4) is 0 Å². The average Bonchev–Trinajstić information content (AvgIpc) is 2.87. The summed E-state index contributed by atoms with van der Waals surface area (Å²) in [6.07, 6.45) is 2.93. The van der Waals surface area contributed by atoms with E-state index in [-0.39, 0.29) is 11.9 Å². The van der Waals surface area contributed by atoms with Crippen LogP contribution < -0.4 is 10.6 Å². The molecule has 0 spiro atoms. The van der Waals surface area contributed by atoms with Crippen molar-refractivity contribution >= 4 is 33.3 Å². The number of rotatable bonds is 6. The molecule has 0 aliphatic rings. The summed E-state index contributed by atoms with van der Waals surface area (Å²) >= 11 is 1.60. The van der Waals surface area contributed by atoms with Gasteiger partial charge in [0.15, 0.2) is 0 Å². The van der Waals surface area contributed by atoms with Gasteiger partial charge in [0, 0.05) is 19.0 Å². The number of nitrogens with one attached hydrogen (secondary N) is 2. The lowest BCUT2D eigenvalue weighted by Gasteiger charge is -2.11. The fourth-order valence-electron chi connectivity index (χ4n) is 1.66. The first kappa shape index (κ1) is 13.7. The Hall–Kier alpha value is -1.69.